The third-order valence-electron chi connectivity index (χ3n) is 5.49. The first-order valence-electron chi connectivity index (χ1n) is 6.73. The summed E-state index contributed by atoms with van der Waals surface area (Å²) in [7, 11) is 0. The van der Waals surface area contributed by atoms with Gasteiger partial charge < -0.3 is 5.11 Å². The molecule has 0 spiro atoms. The molecular weight excluding hydrogens is 184 g/mol. The normalized spacial score (nSPS) is 54.6. The molecule has 0 amide bonds. The van der Waals surface area contributed by atoms with Crippen LogP contribution in [0.1, 0.15) is 58.8 Å². The van der Waals surface area contributed by atoms with Crippen LogP contribution in [0.3, 0.4) is 0 Å². The highest BCUT2D eigenvalue weighted by molar-refractivity contribution is 5.08. The molecule has 1 nitrogen and oxygen atoms in total. The first kappa shape index (κ1) is 10.1. The lowest BCUT2D eigenvalue weighted by Crippen LogP contribution is -2.55. The van der Waals surface area contributed by atoms with Crippen LogP contribution >= 0.6 is 0 Å². The molecule has 4 rings (SSSR count). The van der Waals surface area contributed by atoms with Crippen LogP contribution in [0, 0.1) is 22.7 Å². The lowest BCUT2D eigenvalue weighted by atomic mass is 9.43. The predicted molar refractivity (Wildman–Crippen MR) is 61.5 cm³/mol. The van der Waals surface area contributed by atoms with E-state index in [0.29, 0.717) is 10.8 Å². The molecule has 15 heavy (non-hydrogen) atoms. The molecule has 3 atom stereocenters. The number of hydrogen-bond acceptors (Lipinski definition) is 1. The number of aliphatic hydroxyl groups excluding tert-OH is 1. The molecule has 0 aromatic rings. The highest BCUT2D eigenvalue weighted by atomic mass is 16.3. The maximum Gasteiger partial charge on any atom is 0.0594 e. The fourth-order valence-electron chi connectivity index (χ4n) is 5.62. The van der Waals surface area contributed by atoms with Gasteiger partial charge in [0.05, 0.1) is 6.10 Å². The minimum atomic E-state index is -0.0253. The monoisotopic (exact) mass is 208 g/mol. The Bertz CT molecular complexity index is 257. The molecular formula is C14H24O. The summed E-state index contributed by atoms with van der Waals surface area (Å²) in [5, 5.41) is 10.3. The molecule has 0 saturated heterocycles. The molecule has 0 aromatic heterocycles. The van der Waals surface area contributed by atoms with Crippen molar-refractivity contribution >= 4 is 0 Å². The lowest BCUT2D eigenvalue weighted by molar-refractivity contribution is -0.153. The molecule has 0 heterocycles. The Labute approximate surface area is 93.3 Å². The first-order valence-corrected chi connectivity index (χ1v) is 6.73. The molecule has 1 heteroatoms. The molecule has 4 bridgehead atoms. The minimum absolute atomic E-state index is 0.0253. The van der Waals surface area contributed by atoms with E-state index in [1.807, 2.05) is 0 Å². The zero-order chi connectivity index (χ0) is 10.7. The van der Waals surface area contributed by atoms with Gasteiger partial charge in [0.2, 0.25) is 0 Å². The summed E-state index contributed by atoms with van der Waals surface area (Å²) in [6, 6.07) is 0. The van der Waals surface area contributed by atoms with Gasteiger partial charge in [-0.2, -0.15) is 0 Å². The highest BCUT2D eigenvalue weighted by Crippen LogP contribution is 2.66. The molecule has 86 valence electrons. The molecule has 3 unspecified atom stereocenters. The van der Waals surface area contributed by atoms with Crippen molar-refractivity contribution in [3.8, 4) is 0 Å². The topological polar surface area (TPSA) is 20.2 Å². The second kappa shape index (κ2) is 3.00. The first-order chi connectivity index (χ1) is 7.05. The van der Waals surface area contributed by atoms with Gasteiger partial charge in [-0.15, -0.1) is 0 Å². The Balaban J connectivity index is 1.92. The minimum Gasteiger partial charge on any atom is -0.393 e. The van der Waals surface area contributed by atoms with E-state index in [0.717, 1.165) is 18.3 Å². The van der Waals surface area contributed by atoms with Crippen molar-refractivity contribution in [2.24, 2.45) is 22.7 Å². The van der Waals surface area contributed by atoms with Crippen LogP contribution in [0.2, 0.25) is 0 Å². The van der Waals surface area contributed by atoms with Crippen molar-refractivity contribution < 1.29 is 5.11 Å². The zero-order valence-corrected chi connectivity index (χ0v) is 10.1. The van der Waals surface area contributed by atoms with Gasteiger partial charge in [-0.1, -0.05) is 13.8 Å². The Morgan fingerprint density at radius 2 is 1.80 bits per heavy atom. The zero-order valence-electron chi connectivity index (χ0n) is 10.1. The van der Waals surface area contributed by atoms with Gasteiger partial charge in [-0.05, 0) is 67.6 Å². The molecule has 1 N–H and O–H groups in total. The van der Waals surface area contributed by atoms with E-state index in [1.165, 1.54) is 38.5 Å². The fourth-order valence-corrected chi connectivity index (χ4v) is 5.62. The fraction of sp³-hybridized carbons (Fsp3) is 1.00. The van der Waals surface area contributed by atoms with Crippen molar-refractivity contribution in [2.45, 2.75) is 64.9 Å². The standard InChI is InChI=1S/C14H24O/c1-3-12(15)14-7-10-4-11(8-14)6-13(2,5-10)9-14/h10-12,15H,3-9H2,1-2H3. The van der Waals surface area contributed by atoms with Crippen LogP contribution in [0.4, 0.5) is 0 Å². The van der Waals surface area contributed by atoms with Crippen LogP contribution < -0.4 is 0 Å². The van der Waals surface area contributed by atoms with Gasteiger partial charge in [0.25, 0.3) is 0 Å². The third kappa shape index (κ3) is 1.39. The Hall–Kier alpha value is -0.0400. The molecule has 4 fully saturated rings. The molecule has 0 radical (unpaired) electrons. The predicted octanol–water partition coefficient (Wildman–Crippen LogP) is 3.36. The van der Waals surface area contributed by atoms with E-state index in [4.69, 9.17) is 0 Å². The molecule has 0 aromatic carbocycles. The number of rotatable bonds is 2. The van der Waals surface area contributed by atoms with Crippen LogP contribution in [0.5, 0.6) is 0 Å². The van der Waals surface area contributed by atoms with E-state index < -0.39 is 0 Å². The smallest absolute Gasteiger partial charge is 0.0594 e. The van der Waals surface area contributed by atoms with Crippen molar-refractivity contribution in [2.75, 3.05) is 0 Å². The Morgan fingerprint density at radius 3 is 2.27 bits per heavy atom. The summed E-state index contributed by atoms with van der Waals surface area (Å²) in [5.74, 6) is 1.88. The van der Waals surface area contributed by atoms with Gasteiger partial charge in [-0.3, -0.25) is 0 Å². The van der Waals surface area contributed by atoms with Gasteiger partial charge in [0, 0.05) is 0 Å². The summed E-state index contributed by atoms with van der Waals surface area (Å²) in [5.41, 5.74) is 0.911. The van der Waals surface area contributed by atoms with Crippen molar-refractivity contribution in [1.29, 1.82) is 0 Å². The van der Waals surface area contributed by atoms with E-state index in [9.17, 15) is 5.11 Å². The highest BCUT2D eigenvalue weighted by Gasteiger charge is 2.57. The maximum absolute atomic E-state index is 10.3. The van der Waals surface area contributed by atoms with Gasteiger partial charge in [-0.25, -0.2) is 0 Å². The summed E-state index contributed by atoms with van der Waals surface area (Å²) in [6.07, 6.45) is 9.25. The maximum atomic E-state index is 10.3. The van der Waals surface area contributed by atoms with Crippen molar-refractivity contribution in [3.05, 3.63) is 0 Å². The van der Waals surface area contributed by atoms with Crippen LogP contribution in [0.15, 0.2) is 0 Å². The van der Waals surface area contributed by atoms with Crippen molar-refractivity contribution in [3.63, 3.8) is 0 Å². The molecule has 0 aliphatic heterocycles. The lowest BCUT2D eigenvalue weighted by Gasteiger charge is -2.62. The van der Waals surface area contributed by atoms with E-state index in [-0.39, 0.29) is 6.10 Å². The SMILES string of the molecule is CCC(O)C12CC3CC(CC(C)(C3)C1)C2. The summed E-state index contributed by atoms with van der Waals surface area (Å²) >= 11 is 0. The van der Waals surface area contributed by atoms with Crippen LogP contribution in [-0.4, -0.2) is 11.2 Å². The summed E-state index contributed by atoms with van der Waals surface area (Å²) < 4.78 is 0. The Morgan fingerprint density at radius 1 is 1.20 bits per heavy atom. The van der Waals surface area contributed by atoms with Gasteiger partial charge >= 0.3 is 0 Å². The molecule has 4 aliphatic carbocycles. The van der Waals surface area contributed by atoms with Crippen LogP contribution in [-0.2, 0) is 0 Å². The van der Waals surface area contributed by atoms with E-state index >= 15 is 0 Å². The van der Waals surface area contributed by atoms with Gasteiger partial charge in [0.1, 0.15) is 0 Å². The molecule has 4 aliphatic rings. The number of hydrogen-bond donors (Lipinski definition) is 1. The molecule has 4 saturated carbocycles. The third-order valence-corrected chi connectivity index (χ3v) is 5.49. The van der Waals surface area contributed by atoms with E-state index in [2.05, 4.69) is 13.8 Å². The second-order valence-electron chi connectivity index (χ2n) is 7.06. The summed E-state index contributed by atoms with van der Waals surface area (Å²) in [6.45, 7) is 4.62. The van der Waals surface area contributed by atoms with Gasteiger partial charge in [0.15, 0.2) is 0 Å². The summed E-state index contributed by atoms with van der Waals surface area (Å²) in [4.78, 5) is 0. The van der Waals surface area contributed by atoms with Crippen molar-refractivity contribution in [1.82, 2.24) is 0 Å². The average Bonchev–Trinajstić information content (AvgIpc) is 2.12. The quantitative estimate of drug-likeness (QED) is 0.737. The largest absolute Gasteiger partial charge is 0.393 e. The average molecular weight is 208 g/mol. The second-order valence-corrected chi connectivity index (χ2v) is 7.06. The van der Waals surface area contributed by atoms with E-state index in [1.54, 1.807) is 0 Å². The Kier molecular flexibility index (Phi) is 2.03. The van der Waals surface area contributed by atoms with Crippen LogP contribution in [0.25, 0.3) is 0 Å². The number of aliphatic hydroxyl groups is 1.